The van der Waals surface area contributed by atoms with Gasteiger partial charge >= 0.3 is 6.03 Å². The summed E-state index contributed by atoms with van der Waals surface area (Å²) >= 11 is 0. The predicted octanol–water partition coefficient (Wildman–Crippen LogP) is 2.96. The van der Waals surface area contributed by atoms with E-state index in [1.807, 2.05) is 98.8 Å². The normalized spacial score (nSPS) is 11.5. The zero-order valence-corrected chi connectivity index (χ0v) is 24.2. The van der Waals surface area contributed by atoms with E-state index in [2.05, 4.69) is 15.6 Å². The van der Waals surface area contributed by atoms with E-state index in [-0.39, 0.29) is 30.5 Å². The number of nitrogens with one attached hydrogen (secondary N) is 2. The SMILES string of the molecule is CC(C)NC(=O)NCc1ccc(CN(C(=O)C(c2ccccc2)c2ccccc2)[C@H](CCCN=C(N)N)C(N)=O)cc1. The van der Waals surface area contributed by atoms with Crippen molar-refractivity contribution in [3.63, 3.8) is 0 Å². The van der Waals surface area contributed by atoms with Crippen molar-refractivity contribution >= 4 is 23.8 Å². The van der Waals surface area contributed by atoms with Gasteiger partial charge in [-0.05, 0) is 48.9 Å². The fraction of sp³-hybridized carbons (Fsp3) is 0.312. The second kappa shape index (κ2) is 15.8. The summed E-state index contributed by atoms with van der Waals surface area (Å²) in [4.78, 5) is 44.8. The minimum Gasteiger partial charge on any atom is -0.370 e. The largest absolute Gasteiger partial charge is 0.370 e. The molecule has 0 heterocycles. The second-order valence-electron chi connectivity index (χ2n) is 10.4. The van der Waals surface area contributed by atoms with E-state index >= 15 is 0 Å². The smallest absolute Gasteiger partial charge is 0.315 e. The molecule has 0 saturated carbocycles. The summed E-state index contributed by atoms with van der Waals surface area (Å²) in [5.74, 6) is -1.53. The first-order chi connectivity index (χ1) is 20.2. The number of nitrogens with zero attached hydrogens (tertiary/aromatic N) is 2. The average molecular weight is 572 g/mol. The topological polar surface area (TPSA) is 169 Å². The number of guanidine groups is 1. The molecule has 0 aromatic heterocycles. The Balaban J connectivity index is 1.92. The fourth-order valence-corrected chi connectivity index (χ4v) is 4.68. The lowest BCUT2D eigenvalue weighted by Crippen LogP contribution is -2.49. The first kappa shape index (κ1) is 31.7. The zero-order valence-electron chi connectivity index (χ0n) is 24.2. The summed E-state index contributed by atoms with van der Waals surface area (Å²) in [6.07, 6.45) is 0.751. The maximum absolute atomic E-state index is 14.5. The van der Waals surface area contributed by atoms with Gasteiger partial charge in [0, 0.05) is 25.7 Å². The third-order valence-electron chi connectivity index (χ3n) is 6.68. The van der Waals surface area contributed by atoms with E-state index < -0.39 is 17.9 Å². The van der Waals surface area contributed by atoms with Crippen LogP contribution in [0.2, 0.25) is 0 Å². The molecule has 222 valence electrons. The lowest BCUT2D eigenvalue weighted by molar-refractivity contribution is -0.141. The number of nitrogens with two attached hydrogens (primary N) is 3. The van der Waals surface area contributed by atoms with Crippen LogP contribution in [-0.4, -0.2) is 47.3 Å². The van der Waals surface area contributed by atoms with E-state index in [0.717, 1.165) is 22.3 Å². The van der Waals surface area contributed by atoms with Crippen LogP contribution in [0.25, 0.3) is 0 Å². The molecule has 0 unspecified atom stereocenters. The number of hydrogen-bond acceptors (Lipinski definition) is 4. The molecule has 3 aromatic carbocycles. The van der Waals surface area contributed by atoms with Crippen molar-refractivity contribution in [2.45, 2.75) is 57.8 Å². The molecule has 4 amide bonds. The van der Waals surface area contributed by atoms with Crippen molar-refractivity contribution in [3.05, 3.63) is 107 Å². The number of benzene rings is 3. The highest BCUT2D eigenvalue weighted by atomic mass is 16.2. The maximum Gasteiger partial charge on any atom is 0.315 e. The molecular weight excluding hydrogens is 530 g/mol. The van der Waals surface area contributed by atoms with Gasteiger partial charge in [0.15, 0.2) is 5.96 Å². The van der Waals surface area contributed by atoms with Crippen LogP contribution in [0.15, 0.2) is 89.9 Å². The highest BCUT2D eigenvalue weighted by Crippen LogP contribution is 2.29. The van der Waals surface area contributed by atoms with Crippen LogP contribution >= 0.6 is 0 Å². The number of primary amides is 1. The first-order valence-electron chi connectivity index (χ1n) is 14.0. The second-order valence-corrected chi connectivity index (χ2v) is 10.4. The van der Waals surface area contributed by atoms with E-state index in [9.17, 15) is 14.4 Å². The molecule has 0 spiro atoms. The average Bonchev–Trinajstić information content (AvgIpc) is 2.96. The van der Waals surface area contributed by atoms with E-state index in [1.165, 1.54) is 0 Å². The van der Waals surface area contributed by atoms with Gasteiger partial charge in [-0.1, -0.05) is 84.9 Å². The molecule has 0 aliphatic rings. The van der Waals surface area contributed by atoms with Gasteiger partial charge in [0.1, 0.15) is 6.04 Å². The number of carbonyl (C=O) groups excluding carboxylic acids is 3. The lowest BCUT2D eigenvalue weighted by atomic mass is 9.89. The third kappa shape index (κ3) is 9.65. The van der Waals surface area contributed by atoms with Crippen LogP contribution < -0.4 is 27.8 Å². The van der Waals surface area contributed by atoms with Crippen LogP contribution in [-0.2, 0) is 22.7 Å². The monoisotopic (exact) mass is 571 g/mol. The summed E-state index contributed by atoms with van der Waals surface area (Å²) in [7, 11) is 0. The lowest BCUT2D eigenvalue weighted by Gasteiger charge is -2.33. The summed E-state index contributed by atoms with van der Waals surface area (Å²) in [5, 5.41) is 5.62. The highest BCUT2D eigenvalue weighted by Gasteiger charge is 2.34. The molecule has 3 aromatic rings. The molecule has 0 bridgehead atoms. The third-order valence-corrected chi connectivity index (χ3v) is 6.68. The van der Waals surface area contributed by atoms with Gasteiger partial charge in [0.05, 0.1) is 5.92 Å². The maximum atomic E-state index is 14.5. The Morgan fingerprint density at radius 1 is 0.810 bits per heavy atom. The Morgan fingerprint density at radius 3 is 1.86 bits per heavy atom. The van der Waals surface area contributed by atoms with Gasteiger partial charge in [-0.3, -0.25) is 14.6 Å². The molecule has 0 saturated heterocycles. The van der Waals surface area contributed by atoms with Crippen molar-refractivity contribution in [2.75, 3.05) is 6.54 Å². The van der Waals surface area contributed by atoms with Gasteiger partial charge in [-0.2, -0.15) is 0 Å². The van der Waals surface area contributed by atoms with Crippen molar-refractivity contribution < 1.29 is 14.4 Å². The Labute approximate surface area is 247 Å². The molecule has 0 radical (unpaired) electrons. The van der Waals surface area contributed by atoms with Gasteiger partial charge in [0.25, 0.3) is 0 Å². The molecule has 8 N–H and O–H groups in total. The van der Waals surface area contributed by atoms with E-state index in [1.54, 1.807) is 4.90 Å². The number of urea groups is 1. The number of amides is 4. The standard InChI is InChI=1S/C32H41N7O3/c1-22(2)38-32(42)37-20-23-15-17-24(18-16-23)21-39(27(29(33)40)14-9-19-36-31(34)35)30(41)28(25-10-5-3-6-11-25)26-12-7-4-8-13-26/h3-8,10-13,15-18,22,27-28H,9,14,19-21H2,1-2H3,(H2,33,40)(H4,34,35,36)(H2,37,38,42)/t27-/m1/s1. The molecule has 0 fully saturated rings. The van der Waals surface area contributed by atoms with Gasteiger partial charge < -0.3 is 32.7 Å². The molecule has 0 aliphatic heterocycles. The van der Waals surface area contributed by atoms with Crippen LogP contribution in [0.4, 0.5) is 4.79 Å². The first-order valence-corrected chi connectivity index (χ1v) is 14.0. The molecule has 1 atom stereocenters. The Hall–Kier alpha value is -4.86. The number of carbonyl (C=O) groups is 3. The van der Waals surface area contributed by atoms with Crippen LogP contribution in [0.1, 0.15) is 54.9 Å². The summed E-state index contributed by atoms with van der Waals surface area (Å²) < 4.78 is 0. The van der Waals surface area contributed by atoms with Gasteiger partial charge in [-0.25, -0.2) is 4.79 Å². The predicted molar refractivity (Wildman–Crippen MR) is 165 cm³/mol. The van der Waals surface area contributed by atoms with Crippen LogP contribution in [0, 0.1) is 0 Å². The van der Waals surface area contributed by atoms with Crippen molar-refractivity contribution in [2.24, 2.45) is 22.2 Å². The van der Waals surface area contributed by atoms with Crippen molar-refractivity contribution in [3.8, 4) is 0 Å². The molecule has 42 heavy (non-hydrogen) atoms. The number of aliphatic imine (C=N–C) groups is 1. The Morgan fingerprint density at radius 2 is 1.36 bits per heavy atom. The van der Waals surface area contributed by atoms with Gasteiger partial charge in [-0.15, -0.1) is 0 Å². The molecular formula is C32H41N7O3. The zero-order chi connectivity index (χ0) is 30.5. The molecule has 10 heteroatoms. The minimum atomic E-state index is -0.886. The summed E-state index contributed by atoms with van der Waals surface area (Å²) in [6, 6.07) is 25.4. The number of hydrogen-bond donors (Lipinski definition) is 5. The highest BCUT2D eigenvalue weighted by molar-refractivity contribution is 5.92. The number of rotatable bonds is 14. The van der Waals surface area contributed by atoms with Crippen LogP contribution in [0.5, 0.6) is 0 Å². The molecule has 0 aliphatic carbocycles. The van der Waals surface area contributed by atoms with Gasteiger partial charge in [0.2, 0.25) is 11.8 Å². The summed E-state index contributed by atoms with van der Waals surface area (Å²) in [6.45, 7) is 4.59. The van der Waals surface area contributed by atoms with Crippen LogP contribution in [0.3, 0.4) is 0 Å². The van der Waals surface area contributed by atoms with E-state index in [4.69, 9.17) is 17.2 Å². The van der Waals surface area contributed by atoms with Crippen molar-refractivity contribution in [1.29, 1.82) is 0 Å². The fourth-order valence-electron chi connectivity index (χ4n) is 4.68. The Kier molecular flexibility index (Phi) is 11.9. The molecule has 3 rings (SSSR count). The summed E-state index contributed by atoms with van der Waals surface area (Å²) in [5.41, 5.74) is 20.2. The van der Waals surface area contributed by atoms with Crippen molar-refractivity contribution in [1.82, 2.24) is 15.5 Å². The minimum absolute atomic E-state index is 0.0316. The van der Waals surface area contributed by atoms with E-state index in [0.29, 0.717) is 25.9 Å². The molecule has 10 nitrogen and oxygen atoms in total. The quantitative estimate of drug-likeness (QED) is 0.114. The Bertz CT molecular complexity index is 1290.